The van der Waals surface area contributed by atoms with Crippen LogP contribution < -0.4 is 15.5 Å². The van der Waals surface area contributed by atoms with Gasteiger partial charge in [-0.15, -0.1) is 0 Å². The maximum absolute atomic E-state index is 13.2. The zero-order chi connectivity index (χ0) is 24.2. The van der Waals surface area contributed by atoms with E-state index >= 15 is 0 Å². The Kier molecular flexibility index (Phi) is 7.44. The van der Waals surface area contributed by atoms with Gasteiger partial charge in [-0.25, -0.2) is 0 Å². The van der Waals surface area contributed by atoms with Gasteiger partial charge in [0.05, 0.1) is 16.1 Å². The lowest BCUT2D eigenvalue weighted by molar-refractivity contribution is 0.0938. The molecule has 1 unspecified atom stereocenters. The van der Waals surface area contributed by atoms with E-state index in [1.807, 2.05) is 32.0 Å². The zero-order valence-corrected chi connectivity index (χ0v) is 20.7. The van der Waals surface area contributed by atoms with Crippen LogP contribution in [0.1, 0.15) is 52.1 Å². The molecule has 3 aromatic rings. The lowest BCUT2D eigenvalue weighted by Gasteiger charge is -2.32. The number of benzene rings is 3. The summed E-state index contributed by atoms with van der Waals surface area (Å²) in [5, 5.41) is 6.64. The molecule has 1 aliphatic rings. The van der Waals surface area contributed by atoms with Gasteiger partial charge in [-0.3, -0.25) is 9.59 Å². The van der Waals surface area contributed by atoms with Crippen molar-refractivity contribution in [1.82, 2.24) is 5.32 Å². The van der Waals surface area contributed by atoms with Crippen molar-refractivity contribution in [3.05, 3.63) is 93.0 Å². The minimum Gasteiger partial charge on any atom is -0.366 e. The van der Waals surface area contributed by atoms with E-state index < -0.39 is 0 Å². The topological polar surface area (TPSA) is 61.4 Å². The molecule has 5 nitrogen and oxygen atoms in total. The van der Waals surface area contributed by atoms with Gasteiger partial charge in [0.15, 0.2) is 0 Å². The maximum Gasteiger partial charge on any atom is 0.257 e. The molecule has 1 atom stereocenters. The summed E-state index contributed by atoms with van der Waals surface area (Å²) in [6, 6.07) is 18.6. The van der Waals surface area contributed by atoms with Gasteiger partial charge in [-0.1, -0.05) is 54.4 Å². The van der Waals surface area contributed by atoms with Crippen molar-refractivity contribution in [1.29, 1.82) is 0 Å². The first-order valence-corrected chi connectivity index (χ1v) is 12.1. The van der Waals surface area contributed by atoms with Crippen molar-refractivity contribution in [3.8, 4) is 0 Å². The molecule has 0 saturated carbocycles. The van der Waals surface area contributed by atoms with Crippen LogP contribution in [0, 0.1) is 0 Å². The number of carbonyl (C=O) groups excluding carboxylic acids is 2. The number of nitrogens with one attached hydrogen (secondary N) is 2. The summed E-state index contributed by atoms with van der Waals surface area (Å²) in [5.41, 5.74) is 4.81. The average Bonchev–Trinajstić information content (AvgIpc) is 2.83. The number of hydrogen-bond donors (Lipinski definition) is 2. The third kappa shape index (κ3) is 5.37. The number of anilines is 2. The Morgan fingerprint density at radius 1 is 0.971 bits per heavy atom. The van der Waals surface area contributed by atoms with Crippen LogP contribution in [-0.4, -0.2) is 24.4 Å². The molecule has 0 fully saturated rings. The number of hydrogen-bond acceptors (Lipinski definition) is 3. The fourth-order valence-electron chi connectivity index (χ4n) is 4.05. The van der Waals surface area contributed by atoms with Gasteiger partial charge in [-0.05, 0) is 67.3 Å². The molecule has 176 valence electrons. The molecule has 0 radical (unpaired) electrons. The minimum atomic E-state index is -0.366. The predicted molar refractivity (Wildman–Crippen MR) is 139 cm³/mol. The molecule has 3 aromatic carbocycles. The van der Waals surface area contributed by atoms with Crippen LogP contribution in [0.2, 0.25) is 10.0 Å². The fraction of sp³-hybridized carbons (Fsp3) is 0.259. The molecule has 0 spiro atoms. The second kappa shape index (κ2) is 10.5. The van der Waals surface area contributed by atoms with E-state index in [2.05, 4.69) is 33.7 Å². The predicted octanol–water partition coefficient (Wildman–Crippen LogP) is 6.34. The van der Waals surface area contributed by atoms with Crippen molar-refractivity contribution in [2.45, 2.75) is 39.3 Å². The number of carbonyl (C=O) groups is 2. The molecule has 1 aliphatic heterocycles. The standard InChI is InChI=1S/C27H27Cl2N3O2/c1-3-17(2)30-27(34)23-15-21(31-26(33)22-10-8-20(28)14-24(22)29)9-11-25(23)32-13-12-18-6-4-5-7-19(18)16-32/h4-11,14-15,17H,3,12-13,16H2,1-2H3,(H,30,34)(H,31,33). The van der Waals surface area contributed by atoms with E-state index in [1.165, 1.54) is 17.2 Å². The molecule has 7 heteroatoms. The lowest BCUT2D eigenvalue weighted by atomic mass is 9.98. The molecule has 0 saturated heterocycles. The molecule has 0 aliphatic carbocycles. The largest absolute Gasteiger partial charge is 0.366 e. The Morgan fingerprint density at radius 2 is 1.74 bits per heavy atom. The number of nitrogens with zero attached hydrogens (tertiary/aromatic N) is 1. The normalized spacial score (nSPS) is 13.7. The van der Waals surface area contributed by atoms with Crippen LogP contribution in [0.15, 0.2) is 60.7 Å². The number of fused-ring (bicyclic) bond motifs is 1. The first-order valence-electron chi connectivity index (χ1n) is 11.4. The van der Waals surface area contributed by atoms with Crippen LogP contribution in [0.5, 0.6) is 0 Å². The number of halogens is 2. The number of rotatable bonds is 6. The molecule has 0 bridgehead atoms. The monoisotopic (exact) mass is 495 g/mol. The lowest BCUT2D eigenvalue weighted by Crippen LogP contribution is -2.35. The van der Waals surface area contributed by atoms with Crippen LogP contribution >= 0.6 is 23.2 Å². The molecule has 4 rings (SSSR count). The molecule has 2 N–H and O–H groups in total. The number of amides is 2. The van der Waals surface area contributed by atoms with E-state index in [4.69, 9.17) is 23.2 Å². The summed E-state index contributed by atoms with van der Waals surface area (Å²) in [4.78, 5) is 28.3. The van der Waals surface area contributed by atoms with Crippen molar-refractivity contribution < 1.29 is 9.59 Å². The quantitative estimate of drug-likeness (QED) is 0.419. The fourth-order valence-corrected chi connectivity index (χ4v) is 4.54. The average molecular weight is 496 g/mol. The van der Waals surface area contributed by atoms with Crippen LogP contribution in [-0.2, 0) is 13.0 Å². The Bertz CT molecular complexity index is 1230. The van der Waals surface area contributed by atoms with Gasteiger partial charge < -0.3 is 15.5 Å². The maximum atomic E-state index is 13.2. The van der Waals surface area contributed by atoms with Gasteiger partial charge in [0.1, 0.15) is 0 Å². The smallest absolute Gasteiger partial charge is 0.257 e. The van der Waals surface area contributed by atoms with Gasteiger partial charge in [0, 0.05) is 35.5 Å². The summed E-state index contributed by atoms with van der Waals surface area (Å²) in [5.74, 6) is -0.529. The van der Waals surface area contributed by atoms with Crippen molar-refractivity contribution in [3.63, 3.8) is 0 Å². The van der Waals surface area contributed by atoms with E-state index in [-0.39, 0.29) is 22.9 Å². The van der Waals surface area contributed by atoms with Crippen molar-refractivity contribution in [2.24, 2.45) is 0 Å². The van der Waals surface area contributed by atoms with E-state index in [0.717, 1.165) is 31.6 Å². The van der Waals surface area contributed by atoms with Gasteiger partial charge >= 0.3 is 0 Å². The summed E-state index contributed by atoms with van der Waals surface area (Å²) in [6.07, 6.45) is 1.74. The SMILES string of the molecule is CCC(C)NC(=O)c1cc(NC(=O)c2ccc(Cl)cc2Cl)ccc1N1CCc2ccccc2C1. The van der Waals surface area contributed by atoms with Gasteiger partial charge in [0.25, 0.3) is 11.8 Å². The van der Waals surface area contributed by atoms with Crippen LogP contribution in [0.4, 0.5) is 11.4 Å². The van der Waals surface area contributed by atoms with Crippen molar-refractivity contribution in [2.75, 3.05) is 16.8 Å². The van der Waals surface area contributed by atoms with Crippen molar-refractivity contribution >= 4 is 46.4 Å². The van der Waals surface area contributed by atoms with Crippen LogP contribution in [0.25, 0.3) is 0 Å². The molecule has 1 heterocycles. The van der Waals surface area contributed by atoms with Gasteiger partial charge in [-0.2, -0.15) is 0 Å². The zero-order valence-electron chi connectivity index (χ0n) is 19.2. The molecular formula is C27H27Cl2N3O2. The Hall–Kier alpha value is -3.02. The Labute approximate surface area is 210 Å². The molecular weight excluding hydrogens is 469 g/mol. The van der Waals surface area contributed by atoms with Gasteiger partial charge in [0.2, 0.25) is 0 Å². The summed E-state index contributed by atoms with van der Waals surface area (Å²) in [6.45, 7) is 5.54. The van der Waals surface area contributed by atoms with E-state index in [1.54, 1.807) is 18.2 Å². The second-order valence-corrected chi connectivity index (χ2v) is 9.38. The molecule has 0 aromatic heterocycles. The van der Waals surface area contributed by atoms with E-state index in [9.17, 15) is 9.59 Å². The summed E-state index contributed by atoms with van der Waals surface area (Å²) < 4.78 is 0. The summed E-state index contributed by atoms with van der Waals surface area (Å²) >= 11 is 12.1. The highest BCUT2D eigenvalue weighted by molar-refractivity contribution is 6.37. The highest BCUT2D eigenvalue weighted by Crippen LogP contribution is 2.30. The molecule has 2 amide bonds. The Morgan fingerprint density at radius 3 is 2.47 bits per heavy atom. The van der Waals surface area contributed by atoms with E-state index in [0.29, 0.717) is 21.8 Å². The first kappa shape index (κ1) is 24.1. The molecule has 34 heavy (non-hydrogen) atoms. The summed E-state index contributed by atoms with van der Waals surface area (Å²) in [7, 11) is 0. The van der Waals surface area contributed by atoms with Crippen LogP contribution in [0.3, 0.4) is 0 Å². The third-order valence-electron chi connectivity index (χ3n) is 6.14. The third-order valence-corrected chi connectivity index (χ3v) is 6.68. The second-order valence-electron chi connectivity index (χ2n) is 8.53. The highest BCUT2D eigenvalue weighted by atomic mass is 35.5. The first-order chi connectivity index (χ1) is 16.4. The highest BCUT2D eigenvalue weighted by Gasteiger charge is 2.23. The minimum absolute atomic E-state index is 0.0357. The Balaban J connectivity index is 1.64.